The molecule has 0 saturated carbocycles. The van der Waals surface area contributed by atoms with Gasteiger partial charge in [0.25, 0.3) is 0 Å². The molecule has 8 nitrogen and oxygen atoms in total. The summed E-state index contributed by atoms with van der Waals surface area (Å²) in [5.41, 5.74) is 5.00. The summed E-state index contributed by atoms with van der Waals surface area (Å²) in [5, 5.41) is 6.08. The summed E-state index contributed by atoms with van der Waals surface area (Å²) in [6.07, 6.45) is 1.37. The maximum atomic E-state index is 12.7. The minimum Gasteiger partial charge on any atom is -0.446 e. The number of nitrogens with zero attached hydrogens (tertiary/aromatic N) is 2. The summed E-state index contributed by atoms with van der Waals surface area (Å²) in [5.74, 6) is 0.0455. The Kier molecular flexibility index (Phi) is 9.88. The third-order valence-corrected chi connectivity index (χ3v) is 7.84. The van der Waals surface area contributed by atoms with Crippen molar-refractivity contribution in [2.75, 3.05) is 56.2 Å². The van der Waals surface area contributed by atoms with Crippen molar-refractivity contribution in [3.05, 3.63) is 84.4 Å². The van der Waals surface area contributed by atoms with Gasteiger partial charge in [-0.25, -0.2) is 4.79 Å². The van der Waals surface area contributed by atoms with Crippen LogP contribution < -0.4 is 15.5 Å². The molecule has 3 aromatic rings. The lowest BCUT2D eigenvalue weighted by atomic mass is 10.0. The number of amides is 2. The van der Waals surface area contributed by atoms with E-state index >= 15 is 0 Å². The van der Waals surface area contributed by atoms with Crippen molar-refractivity contribution < 1.29 is 19.1 Å². The quantitative estimate of drug-likeness (QED) is 0.364. The fourth-order valence-electron chi connectivity index (χ4n) is 5.47. The first-order valence-corrected chi connectivity index (χ1v) is 14.6. The second kappa shape index (κ2) is 14.1. The minimum absolute atomic E-state index is 0.0455. The fourth-order valence-corrected chi connectivity index (χ4v) is 5.47. The first-order valence-electron chi connectivity index (χ1n) is 14.6. The van der Waals surface area contributed by atoms with E-state index in [1.807, 2.05) is 61.5 Å². The predicted octanol–water partition coefficient (Wildman–Crippen LogP) is 5.47. The molecule has 2 amide bonds. The number of likely N-dealkylation sites (tertiary alicyclic amines) is 1. The molecule has 8 heteroatoms. The lowest BCUT2D eigenvalue weighted by Crippen LogP contribution is -2.40. The molecule has 2 aliphatic rings. The van der Waals surface area contributed by atoms with E-state index in [0.29, 0.717) is 13.0 Å². The van der Waals surface area contributed by atoms with E-state index in [1.54, 1.807) is 0 Å². The van der Waals surface area contributed by atoms with Crippen LogP contribution in [0.4, 0.5) is 16.2 Å². The number of anilines is 2. The first kappa shape index (κ1) is 28.6. The van der Waals surface area contributed by atoms with Gasteiger partial charge in [-0.15, -0.1) is 0 Å². The maximum Gasteiger partial charge on any atom is 0.411 e. The molecular formula is C33H40N4O4. The molecule has 0 radical (unpaired) electrons. The second-order valence-corrected chi connectivity index (χ2v) is 10.7. The van der Waals surface area contributed by atoms with Gasteiger partial charge in [0.05, 0.1) is 24.9 Å². The lowest BCUT2D eigenvalue weighted by molar-refractivity contribution is -0.122. The minimum atomic E-state index is -0.433. The average molecular weight is 557 g/mol. The van der Waals surface area contributed by atoms with Crippen LogP contribution in [0.5, 0.6) is 0 Å². The van der Waals surface area contributed by atoms with Gasteiger partial charge in [0.1, 0.15) is 6.10 Å². The standard InChI is InChI=1S/C33H40N4O4/c1-25(27-10-7-11-28(24-27)37-20-22-40-23-21-37)34-32(38)16-19-36-17-14-29(15-18-36)41-33(39)35-31-13-6-5-12-30(31)26-8-3-2-4-9-26/h2-13,24-25,29H,14-23H2,1H3,(H,34,38)(H,35,39). The van der Waals surface area contributed by atoms with E-state index in [2.05, 4.69) is 44.7 Å². The number of carbonyl (C=O) groups excluding carboxylic acids is 2. The van der Waals surface area contributed by atoms with Crippen molar-refractivity contribution in [2.45, 2.75) is 38.3 Å². The number of para-hydroxylation sites is 1. The number of nitrogens with one attached hydrogen (secondary N) is 2. The van der Waals surface area contributed by atoms with Gasteiger partial charge in [0, 0.05) is 50.4 Å². The SMILES string of the molecule is CC(NC(=O)CCN1CCC(OC(=O)Nc2ccccc2-c2ccccc2)CC1)c1cccc(N2CCOCC2)c1. The van der Waals surface area contributed by atoms with Crippen LogP contribution in [-0.4, -0.2) is 68.9 Å². The Hall–Kier alpha value is -3.88. The number of carbonyl (C=O) groups is 2. The van der Waals surface area contributed by atoms with Gasteiger partial charge in [0.15, 0.2) is 0 Å². The van der Waals surface area contributed by atoms with E-state index in [0.717, 1.165) is 74.6 Å². The van der Waals surface area contributed by atoms with Crippen molar-refractivity contribution in [3.63, 3.8) is 0 Å². The van der Waals surface area contributed by atoms with Gasteiger partial charge >= 0.3 is 6.09 Å². The predicted molar refractivity (Wildman–Crippen MR) is 162 cm³/mol. The smallest absolute Gasteiger partial charge is 0.411 e. The summed E-state index contributed by atoms with van der Waals surface area (Å²) in [4.78, 5) is 30.0. The number of rotatable bonds is 9. The number of ether oxygens (including phenoxy) is 2. The van der Waals surface area contributed by atoms with Gasteiger partial charge in [0.2, 0.25) is 5.91 Å². The van der Waals surface area contributed by atoms with Crippen molar-refractivity contribution >= 4 is 23.4 Å². The zero-order valence-corrected chi connectivity index (χ0v) is 23.8. The van der Waals surface area contributed by atoms with E-state index in [9.17, 15) is 9.59 Å². The highest BCUT2D eigenvalue weighted by Gasteiger charge is 2.23. The topological polar surface area (TPSA) is 83.1 Å². The molecule has 0 aromatic heterocycles. The Morgan fingerprint density at radius 3 is 2.44 bits per heavy atom. The number of hydrogen-bond donors (Lipinski definition) is 2. The monoisotopic (exact) mass is 556 g/mol. The summed E-state index contributed by atoms with van der Waals surface area (Å²) < 4.78 is 11.2. The lowest BCUT2D eigenvalue weighted by Gasteiger charge is -2.31. The zero-order valence-electron chi connectivity index (χ0n) is 23.8. The largest absolute Gasteiger partial charge is 0.446 e. The van der Waals surface area contributed by atoms with E-state index in [4.69, 9.17) is 9.47 Å². The van der Waals surface area contributed by atoms with Crippen LogP contribution in [0.1, 0.15) is 37.8 Å². The van der Waals surface area contributed by atoms with Crippen LogP contribution in [-0.2, 0) is 14.3 Å². The first-order chi connectivity index (χ1) is 20.0. The molecule has 2 aliphatic heterocycles. The number of hydrogen-bond acceptors (Lipinski definition) is 6. The van der Waals surface area contributed by atoms with Crippen molar-refractivity contribution in [1.82, 2.24) is 10.2 Å². The van der Waals surface area contributed by atoms with Gasteiger partial charge in [-0.2, -0.15) is 0 Å². The van der Waals surface area contributed by atoms with E-state index in [1.165, 1.54) is 5.69 Å². The molecule has 1 atom stereocenters. The van der Waals surface area contributed by atoms with Crippen LogP contribution in [0, 0.1) is 0 Å². The Bertz CT molecular complexity index is 1290. The molecular weight excluding hydrogens is 516 g/mol. The highest BCUT2D eigenvalue weighted by Crippen LogP contribution is 2.28. The van der Waals surface area contributed by atoms with Crippen LogP contribution in [0.3, 0.4) is 0 Å². The number of piperidine rings is 1. The molecule has 2 saturated heterocycles. The van der Waals surface area contributed by atoms with Gasteiger partial charge in [-0.3, -0.25) is 10.1 Å². The van der Waals surface area contributed by atoms with Crippen molar-refractivity contribution in [3.8, 4) is 11.1 Å². The Balaban J connectivity index is 1.03. The third-order valence-electron chi connectivity index (χ3n) is 7.84. The number of morpholine rings is 1. The molecule has 41 heavy (non-hydrogen) atoms. The molecule has 3 aromatic carbocycles. The van der Waals surface area contributed by atoms with Crippen molar-refractivity contribution in [1.29, 1.82) is 0 Å². The van der Waals surface area contributed by atoms with Gasteiger partial charge < -0.3 is 24.6 Å². The third kappa shape index (κ3) is 8.08. The molecule has 2 heterocycles. The molecule has 2 fully saturated rings. The van der Waals surface area contributed by atoms with Crippen LogP contribution in [0.25, 0.3) is 11.1 Å². The summed E-state index contributed by atoms with van der Waals surface area (Å²) in [6.45, 7) is 7.58. The molecule has 0 aliphatic carbocycles. The summed E-state index contributed by atoms with van der Waals surface area (Å²) in [7, 11) is 0. The highest BCUT2D eigenvalue weighted by atomic mass is 16.6. The molecule has 1 unspecified atom stereocenters. The summed E-state index contributed by atoms with van der Waals surface area (Å²) in [6, 6.07) is 26.0. The van der Waals surface area contributed by atoms with Crippen LogP contribution in [0.15, 0.2) is 78.9 Å². The Labute approximate surface area is 242 Å². The maximum absolute atomic E-state index is 12.7. The van der Waals surface area contributed by atoms with Crippen LogP contribution >= 0.6 is 0 Å². The number of benzene rings is 3. The van der Waals surface area contributed by atoms with Crippen molar-refractivity contribution in [2.24, 2.45) is 0 Å². The Morgan fingerprint density at radius 2 is 1.66 bits per heavy atom. The van der Waals surface area contributed by atoms with Gasteiger partial charge in [-0.05, 0) is 49.1 Å². The molecule has 0 spiro atoms. The molecule has 0 bridgehead atoms. The average Bonchev–Trinajstić information content (AvgIpc) is 3.02. The van der Waals surface area contributed by atoms with Gasteiger partial charge in [-0.1, -0.05) is 60.7 Å². The normalized spacial score (nSPS) is 17.0. The van der Waals surface area contributed by atoms with E-state index < -0.39 is 6.09 Å². The summed E-state index contributed by atoms with van der Waals surface area (Å²) >= 11 is 0. The highest BCUT2D eigenvalue weighted by molar-refractivity contribution is 5.91. The Morgan fingerprint density at radius 1 is 0.927 bits per heavy atom. The van der Waals surface area contributed by atoms with E-state index in [-0.39, 0.29) is 18.1 Å². The fraction of sp³-hybridized carbons (Fsp3) is 0.394. The van der Waals surface area contributed by atoms with Crippen LogP contribution in [0.2, 0.25) is 0 Å². The molecule has 216 valence electrons. The molecule has 5 rings (SSSR count). The zero-order chi connectivity index (χ0) is 28.4. The second-order valence-electron chi connectivity index (χ2n) is 10.7. The molecule has 2 N–H and O–H groups in total.